The van der Waals surface area contributed by atoms with Crippen LogP contribution in [0, 0.1) is 5.92 Å². The number of benzene rings is 1. The first-order valence-electron chi connectivity index (χ1n) is 7.23. The Kier molecular flexibility index (Phi) is 6.21. The van der Waals surface area contributed by atoms with E-state index in [1.54, 1.807) is 4.90 Å². The molecule has 1 fully saturated rings. The average Bonchev–Trinajstić information content (AvgIpc) is 2.94. The summed E-state index contributed by atoms with van der Waals surface area (Å²) < 4.78 is 4.54. The lowest BCUT2D eigenvalue weighted by molar-refractivity contribution is 0.0596. The summed E-state index contributed by atoms with van der Waals surface area (Å²) in [4.78, 5) is 25.3. The molecule has 1 saturated heterocycles. The van der Waals surface area contributed by atoms with Crippen LogP contribution in [0.1, 0.15) is 47.9 Å². The van der Waals surface area contributed by atoms with Crippen molar-refractivity contribution in [1.29, 1.82) is 0 Å². The Morgan fingerprint density at radius 2 is 2.00 bits per heavy atom. The Bertz CT molecular complexity index is 513. The number of esters is 1. The number of phenols is 1. The van der Waals surface area contributed by atoms with E-state index in [0.717, 1.165) is 19.5 Å². The van der Waals surface area contributed by atoms with Crippen LogP contribution in [0.2, 0.25) is 0 Å². The monoisotopic (exact) mass is 293 g/mol. The van der Waals surface area contributed by atoms with E-state index in [0.29, 0.717) is 11.5 Å². The highest BCUT2D eigenvalue weighted by Crippen LogP contribution is 2.23. The van der Waals surface area contributed by atoms with Crippen molar-refractivity contribution in [3.8, 4) is 5.75 Å². The van der Waals surface area contributed by atoms with Crippen LogP contribution in [0.3, 0.4) is 0 Å². The second-order valence-corrected chi connectivity index (χ2v) is 4.87. The second-order valence-electron chi connectivity index (χ2n) is 4.87. The number of nitrogens with zero attached hydrogens (tertiary/aromatic N) is 1. The summed E-state index contributed by atoms with van der Waals surface area (Å²) in [5, 5.41) is 9.76. The van der Waals surface area contributed by atoms with Crippen molar-refractivity contribution in [2.75, 3.05) is 20.2 Å². The molecule has 1 aliphatic rings. The first kappa shape index (κ1) is 17.0. The van der Waals surface area contributed by atoms with Gasteiger partial charge in [-0.2, -0.15) is 0 Å². The van der Waals surface area contributed by atoms with Crippen molar-refractivity contribution >= 4 is 11.9 Å². The highest BCUT2D eigenvalue weighted by Gasteiger charge is 2.25. The van der Waals surface area contributed by atoms with Crippen molar-refractivity contribution < 1.29 is 19.4 Å². The normalized spacial score (nSPS) is 17.0. The van der Waals surface area contributed by atoms with E-state index in [2.05, 4.69) is 11.7 Å². The number of likely N-dealkylation sites (tertiary alicyclic amines) is 1. The Hall–Kier alpha value is -2.04. The van der Waals surface area contributed by atoms with Gasteiger partial charge in [-0.15, -0.1) is 0 Å². The third-order valence-electron chi connectivity index (χ3n) is 3.36. The fourth-order valence-corrected chi connectivity index (χ4v) is 2.25. The number of phenolic OH excluding ortho intramolecular Hbond substituents is 1. The second kappa shape index (κ2) is 7.67. The van der Waals surface area contributed by atoms with E-state index >= 15 is 0 Å². The van der Waals surface area contributed by atoms with Gasteiger partial charge in [-0.05, 0) is 30.5 Å². The van der Waals surface area contributed by atoms with Crippen molar-refractivity contribution in [2.24, 2.45) is 5.92 Å². The Labute approximate surface area is 125 Å². The minimum Gasteiger partial charge on any atom is -0.507 e. The maximum atomic E-state index is 12.2. The van der Waals surface area contributed by atoms with Gasteiger partial charge in [0.05, 0.1) is 7.11 Å². The number of carbonyl (C=O) groups excluding carboxylic acids is 2. The predicted molar refractivity (Wildman–Crippen MR) is 80.5 cm³/mol. The zero-order valence-electron chi connectivity index (χ0n) is 13.0. The maximum absolute atomic E-state index is 12.2. The fourth-order valence-electron chi connectivity index (χ4n) is 2.25. The van der Waals surface area contributed by atoms with E-state index in [1.165, 1.54) is 25.3 Å². The smallest absolute Gasteiger partial charge is 0.341 e. The van der Waals surface area contributed by atoms with E-state index in [1.807, 2.05) is 13.8 Å². The van der Waals surface area contributed by atoms with Crippen molar-refractivity contribution in [1.82, 2.24) is 4.90 Å². The van der Waals surface area contributed by atoms with Crippen LogP contribution in [-0.2, 0) is 4.74 Å². The molecule has 0 spiro atoms. The average molecular weight is 293 g/mol. The third-order valence-corrected chi connectivity index (χ3v) is 3.36. The minimum absolute atomic E-state index is 0.0637. The van der Waals surface area contributed by atoms with Gasteiger partial charge in [0.1, 0.15) is 11.3 Å². The van der Waals surface area contributed by atoms with Gasteiger partial charge in [-0.3, -0.25) is 4.79 Å². The number of aromatic hydroxyl groups is 1. The van der Waals surface area contributed by atoms with E-state index in [-0.39, 0.29) is 17.2 Å². The molecule has 1 heterocycles. The minimum atomic E-state index is -0.619. The van der Waals surface area contributed by atoms with Crippen LogP contribution in [0.5, 0.6) is 5.75 Å². The third kappa shape index (κ3) is 3.97. The van der Waals surface area contributed by atoms with Gasteiger partial charge in [0.2, 0.25) is 0 Å². The number of hydrogen-bond donors (Lipinski definition) is 1. The summed E-state index contributed by atoms with van der Waals surface area (Å²) in [6.07, 6.45) is 0.998. The van der Waals surface area contributed by atoms with E-state index in [4.69, 9.17) is 0 Å². The lowest BCUT2D eigenvalue weighted by Gasteiger charge is -2.16. The molecule has 21 heavy (non-hydrogen) atoms. The standard InChI is InChI=1S/C14H17NO4.C2H6/c1-9-5-6-15(8-9)13(17)10-3-4-11(12(16)7-10)14(18)19-2;1-2/h3-4,7,9,16H,5-6,8H2,1-2H3;1-2H3. The molecule has 0 aliphatic carbocycles. The van der Waals surface area contributed by atoms with Crippen LogP contribution in [0.25, 0.3) is 0 Å². The molecule has 0 radical (unpaired) electrons. The van der Waals surface area contributed by atoms with Crippen molar-refractivity contribution in [3.05, 3.63) is 29.3 Å². The largest absolute Gasteiger partial charge is 0.507 e. The first-order valence-corrected chi connectivity index (χ1v) is 7.23. The summed E-state index contributed by atoms with van der Waals surface area (Å²) in [6, 6.07) is 4.27. The van der Waals surface area contributed by atoms with Gasteiger partial charge in [0, 0.05) is 18.7 Å². The summed E-state index contributed by atoms with van der Waals surface area (Å²) in [5.41, 5.74) is 0.452. The van der Waals surface area contributed by atoms with E-state index in [9.17, 15) is 14.7 Å². The molecular formula is C16H23NO4. The van der Waals surface area contributed by atoms with Crippen LogP contribution < -0.4 is 0 Å². The summed E-state index contributed by atoms with van der Waals surface area (Å²) in [6.45, 7) is 7.57. The maximum Gasteiger partial charge on any atom is 0.341 e. The van der Waals surface area contributed by atoms with Crippen LogP contribution in [0.4, 0.5) is 0 Å². The van der Waals surface area contributed by atoms with Crippen LogP contribution in [0.15, 0.2) is 18.2 Å². The number of ether oxygens (including phenoxy) is 1. The van der Waals surface area contributed by atoms with Crippen LogP contribution >= 0.6 is 0 Å². The quantitative estimate of drug-likeness (QED) is 0.851. The summed E-state index contributed by atoms with van der Waals surface area (Å²) in [7, 11) is 1.24. The Morgan fingerprint density at radius 1 is 1.33 bits per heavy atom. The zero-order chi connectivity index (χ0) is 16.0. The molecule has 1 aliphatic heterocycles. The molecule has 5 nitrogen and oxygen atoms in total. The molecule has 5 heteroatoms. The lowest BCUT2D eigenvalue weighted by Crippen LogP contribution is -2.28. The molecule has 1 aromatic rings. The number of rotatable bonds is 2. The first-order chi connectivity index (χ1) is 10.0. The van der Waals surface area contributed by atoms with Crippen molar-refractivity contribution in [3.63, 3.8) is 0 Å². The summed E-state index contributed by atoms with van der Waals surface area (Å²) >= 11 is 0. The number of hydrogen-bond acceptors (Lipinski definition) is 4. The highest BCUT2D eigenvalue weighted by molar-refractivity contribution is 5.98. The molecular weight excluding hydrogens is 270 g/mol. The SMILES string of the molecule is CC.COC(=O)c1ccc(C(=O)N2CCC(C)C2)cc1O. The van der Waals surface area contributed by atoms with Gasteiger partial charge in [0.15, 0.2) is 0 Å². The van der Waals surface area contributed by atoms with Gasteiger partial charge >= 0.3 is 5.97 Å². The van der Waals surface area contributed by atoms with Gasteiger partial charge in [0.25, 0.3) is 5.91 Å². The molecule has 0 bridgehead atoms. The van der Waals surface area contributed by atoms with Crippen LogP contribution in [-0.4, -0.2) is 42.1 Å². The molecule has 1 N–H and O–H groups in total. The fraction of sp³-hybridized carbons (Fsp3) is 0.500. The number of carbonyl (C=O) groups is 2. The van der Waals surface area contributed by atoms with Gasteiger partial charge in [-0.25, -0.2) is 4.79 Å². The predicted octanol–water partition coefficient (Wildman–Crippen LogP) is 2.69. The zero-order valence-corrected chi connectivity index (χ0v) is 13.0. The lowest BCUT2D eigenvalue weighted by atomic mass is 10.1. The van der Waals surface area contributed by atoms with E-state index < -0.39 is 5.97 Å². The number of methoxy groups -OCH3 is 1. The highest BCUT2D eigenvalue weighted by atomic mass is 16.5. The Balaban J connectivity index is 0.00000106. The molecule has 1 unspecified atom stereocenters. The molecule has 0 aromatic heterocycles. The molecule has 1 aromatic carbocycles. The van der Waals surface area contributed by atoms with Gasteiger partial charge < -0.3 is 14.7 Å². The van der Waals surface area contributed by atoms with Crippen molar-refractivity contribution in [2.45, 2.75) is 27.2 Å². The molecule has 1 amide bonds. The topological polar surface area (TPSA) is 66.8 Å². The molecule has 1 atom stereocenters. The summed E-state index contributed by atoms with van der Waals surface area (Å²) in [5.74, 6) is -0.459. The molecule has 2 rings (SSSR count). The number of amides is 1. The van der Waals surface area contributed by atoms with Gasteiger partial charge in [-0.1, -0.05) is 20.8 Å². The molecule has 0 saturated carbocycles. The Morgan fingerprint density at radius 3 is 2.48 bits per heavy atom. The molecule has 116 valence electrons.